The van der Waals surface area contributed by atoms with Gasteiger partial charge in [0.15, 0.2) is 0 Å². The minimum atomic E-state index is -2.78. The molecular weight excluding hydrogens is 650 g/mol. The van der Waals surface area contributed by atoms with Crippen LogP contribution in [0, 0.1) is 11.8 Å². The van der Waals surface area contributed by atoms with E-state index in [1.807, 2.05) is 24.3 Å². The van der Waals surface area contributed by atoms with Crippen molar-refractivity contribution in [1.29, 1.82) is 0 Å². The predicted molar refractivity (Wildman–Crippen MR) is 163 cm³/mol. The maximum atomic E-state index is 14.5. The number of hydrogen-bond acceptors (Lipinski definition) is 6. The first-order valence-corrected chi connectivity index (χ1v) is 16.0. The number of carbonyl (C=O) groups excluding carboxylic acids is 3. The Morgan fingerprint density at radius 1 is 1.13 bits per heavy atom. The number of ether oxygens (including phenoxy) is 1. The first-order valence-electron chi connectivity index (χ1n) is 15.2. The summed E-state index contributed by atoms with van der Waals surface area (Å²) in [5.41, 5.74) is 2.87. The van der Waals surface area contributed by atoms with Crippen LogP contribution in [0.25, 0.3) is 0 Å². The Bertz CT molecular complexity index is 1630. The molecule has 13 heteroatoms. The Kier molecular flexibility index (Phi) is 8.89. The number of carbonyl (C=O) groups is 3. The number of aryl methyl sites for hydroxylation is 1. The molecule has 1 saturated carbocycles. The quantitative estimate of drug-likeness (QED) is 0.368. The van der Waals surface area contributed by atoms with Gasteiger partial charge in [0.2, 0.25) is 11.8 Å². The number of aromatic nitrogens is 3. The van der Waals surface area contributed by atoms with E-state index >= 15 is 0 Å². The molecule has 1 fully saturated rings. The summed E-state index contributed by atoms with van der Waals surface area (Å²) in [4.78, 5) is 44.4. The van der Waals surface area contributed by atoms with E-state index in [4.69, 9.17) is 4.74 Å². The van der Waals surface area contributed by atoms with Crippen molar-refractivity contribution >= 4 is 33.7 Å². The summed E-state index contributed by atoms with van der Waals surface area (Å²) in [5.74, 6) is -0.889. The molecular formula is C32H35BrF2N6O4. The van der Waals surface area contributed by atoms with Crippen molar-refractivity contribution in [3.8, 4) is 5.75 Å². The smallest absolute Gasteiger partial charge is 0.282 e. The van der Waals surface area contributed by atoms with Crippen molar-refractivity contribution in [2.45, 2.75) is 57.7 Å². The monoisotopic (exact) mass is 684 g/mol. The molecule has 3 amide bonds. The summed E-state index contributed by atoms with van der Waals surface area (Å²) in [6.45, 7) is 0.737. The maximum absolute atomic E-state index is 14.5. The van der Waals surface area contributed by atoms with Gasteiger partial charge in [-0.05, 0) is 48.6 Å². The molecule has 3 atom stereocenters. The minimum absolute atomic E-state index is 0.0188. The van der Waals surface area contributed by atoms with Crippen molar-refractivity contribution in [1.82, 2.24) is 30.1 Å². The topological polar surface area (TPSA) is 110 Å². The molecule has 2 aromatic carbocycles. The number of amides is 3. The Labute approximate surface area is 268 Å². The van der Waals surface area contributed by atoms with Crippen molar-refractivity contribution in [2.75, 3.05) is 20.1 Å². The number of benzene rings is 2. The highest BCUT2D eigenvalue weighted by molar-refractivity contribution is 9.10. The third-order valence-corrected chi connectivity index (χ3v) is 10.1. The Hall–Kier alpha value is -3.87. The second-order valence-electron chi connectivity index (χ2n) is 11.8. The number of nitrogens with zero attached hydrogens (tertiary/aromatic N) is 5. The molecule has 1 aliphatic carbocycles. The van der Waals surface area contributed by atoms with Crippen LogP contribution in [0.4, 0.5) is 8.78 Å². The van der Waals surface area contributed by atoms with Crippen LogP contribution in [-0.4, -0.2) is 62.7 Å². The molecule has 2 aliphatic heterocycles. The summed E-state index contributed by atoms with van der Waals surface area (Å²) in [7, 11) is 2.99. The van der Waals surface area contributed by atoms with Gasteiger partial charge in [-0.25, -0.2) is 13.5 Å². The van der Waals surface area contributed by atoms with Crippen molar-refractivity contribution in [3.63, 3.8) is 0 Å². The SMILES string of the molecule is CNC(=O)[C@@H]1CCCCC1C(=O)N1CCc2c(Br)ccc(OCc3nnn(C)c3C(F)F)c2[C@H]1CN1Cc2ccccc2C1=O. The molecule has 1 unspecified atom stereocenters. The minimum Gasteiger partial charge on any atom is -0.487 e. The Morgan fingerprint density at radius 2 is 1.89 bits per heavy atom. The first kappa shape index (κ1) is 31.1. The second-order valence-corrected chi connectivity index (χ2v) is 12.7. The number of hydrogen-bond donors (Lipinski definition) is 1. The third-order valence-electron chi connectivity index (χ3n) is 9.33. The number of halogens is 3. The van der Waals surface area contributed by atoms with Gasteiger partial charge in [-0.15, -0.1) is 5.10 Å². The van der Waals surface area contributed by atoms with E-state index in [2.05, 4.69) is 31.6 Å². The van der Waals surface area contributed by atoms with E-state index in [-0.39, 0.29) is 42.3 Å². The predicted octanol–water partition coefficient (Wildman–Crippen LogP) is 4.73. The highest BCUT2D eigenvalue weighted by Crippen LogP contribution is 2.44. The molecule has 3 heterocycles. The zero-order valence-electron chi connectivity index (χ0n) is 25.1. The van der Waals surface area contributed by atoms with Gasteiger partial charge in [0.1, 0.15) is 23.7 Å². The lowest BCUT2D eigenvalue weighted by Gasteiger charge is -2.43. The highest BCUT2D eigenvalue weighted by atomic mass is 79.9. The zero-order valence-corrected chi connectivity index (χ0v) is 26.7. The maximum Gasteiger partial charge on any atom is 0.282 e. The Balaban J connectivity index is 1.38. The van der Waals surface area contributed by atoms with Crippen LogP contribution in [0.2, 0.25) is 0 Å². The average Bonchev–Trinajstić information content (AvgIpc) is 3.58. The molecule has 10 nitrogen and oxygen atoms in total. The molecule has 0 radical (unpaired) electrons. The molecule has 0 saturated heterocycles. The van der Waals surface area contributed by atoms with Gasteiger partial charge < -0.3 is 19.9 Å². The van der Waals surface area contributed by atoms with Crippen molar-refractivity contribution in [2.24, 2.45) is 18.9 Å². The average molecular weight is 686 g/mol. The largest absolute Gasteiger partial charge is 0.487 e. The fourth-order valence-corrected chi connectivity index (χ4v) is 7.64. The molecule has 6 rings (SSSR count). The number of fused-ring (bicyclic) bond motifs is 2. The molecule has 238 valence electrons. The lowest BCUT2D eigenvalue weighted by atomic mass is 9.77. The molecule has 45 heavy (non-hydrogen) atoms. The molecule has 3 aromatic rings. The number of nitrogens with one attached hydrogen (secondary N) is 1. The van der Waals surface area contributed by atoms with E-state index in [9.17, 15) is 23.2 Å². The zero-order chi connectivity index (χ0) is 31.8. The van der Waals surface area contributed by atoms with Crippen LogP contribution in [0.1, 0.15) is 76.6 Å². The summed E-state index contributed by atoms with van der Waals surface area (Å²) in [6, 6.07) is 10.4. The standard InChI is InChI=1S/C32H35BrF2N6O4/c1-36-30(42)20-9-5-6-10-21(20)32(44)41-14-13-22-23(33)11-12-26(45-17-24-28(29(34)35)39(2)38-37-24)27(22)25(41)16-40-15-18-7-3-4-8-19(18)31(40)43/h3-4,7-8,11-12,20-21,25,29H,5-6,9-10,13-17H2,1-2H3,(H,36,42)/t20-,21?,25-/m1/s1. The fourth-order valence-electron chi connectivity index (χ4n) is 7.09. The van der Waals surface area contributed by atoms with E-state index < -0.39 is 24.3 Å². The molecule has 3 aliphatic rings. The van der Waals surface area contributed by atoms with Crippen LogP contribution in [0.3, 0.4) is 0 Å². The number of rotatable bonds is 8. The molecule has 0 bridgehead atoms. The summed E-state index contributed by atoms with van der Waals surface area (Å²) in [5, 5.41) is 10.4. The summed E-state index contributed by atoms with van der Waals surface area (Å²) >= 11 is 3.68. The highest BCUT2D eigenvalue weighted by Gasteiger charge is 2.43. The van der Waals surface area contributed by atoms with Gasteiger partial charge >= 0.3 is 0 Å². The van der Waals surface area contributed by atoms with Crippen molar-refractivity contribution < 1.29 is 27.9 Å². The molecule has 0 spiro atoms. The van der Waals surface area contributed by atoms with E-state index in [0.717, 1.165) is 33.1 Å². The van der Waals surface area contributed by atoms with Gasteiger partial charge in [0.25, 0.3) is 12.3 Å². The fraction of sp³-hybridized carbons (Fsp3) is 0.469. The van der Waals surface area contributed by atoms with Gasteiger partial charge in [0, 0.05) is 61.2 Å². The van der Waals surface area contributed by atoms with Gasteiger partial charge in [-0.2, -0.15) is 0 Å². The van der Waals surface area contributed by atoms with E-state index in [1.165, 1.54) is 7.05 Å². The molecule has 1 N–H and O–H groups in total. The lowest BCUT2D eigenvalue weighted by molar-refractivity contribution is -0.146. The van der Waals surface area contributed by atoms with Gasteiger partial charge in [-0.3, -0.25) is 14.4 Å². The Morgan fingerprint density at radius 3 is 2.62 bits per heavy atom. The van der Waals surface area contributed by atoms with Crippen LogP contribution in [-0.2, 0) is 36.2 Å². The summed E-state index contributed by atoms with van der Waals surface area (Å²) in [6.07, 6.45) is 0.692. The molecule has 1 aromatic heterocycles. The first-order chi connectivity index (χ1) is 21.7. The van der Waals surface area contributed by atoms with Crippen LogP contribution >= 0.6 is 15.9 Å². The van der Waals surface area contributed by atoms with Crippen LogP contribution in [0.15, 0.2) is 40.9 Å². The second kappa shape index (κ2) is 12.9. The van der Waals surface area contributed by atoms with E-state index in [0.29, 0.717) is 49.2 Å². The lowest BCUT2D eigenvalue weighted by Crippen LogP contribution is -2.50. The number of alkyl halides is 2. The van der Waals surface area contributed by atoms with Gasteiger partial charge in [-0.1, -0.05) is 52.2 Å². The van der Waals surface area contributed by atoms with Gasteiger partial charge in [0.05, 0.1) is 6.04 Å². The van der Waals surface area contributed by atoms with Crippen LogP contribution in [0.5, 0.6) is 5.75 Å². The van der Waals surface area contributed by atoms with Crippen LogP contribution < -0.4 is 10.1 Å². The third kappa shape index (κ3) is 5.82. The van der Waals surface area contributed by atoms with Crippen molar-refractivity contribution in [3.05, 3.63) is 74.5 Å². The summed E-state index contributed by atoms with van der Waals surface area (Å²) < 4.78 is 35.6. The normalized spacial score (nSPS) is 21.1. The van der Waals surface area contributed by atoms with E-state index in [1.54, 1.807) is 29.0 Å².